The summed E-state index contributed by atoms with van der Waals surface area (Å²) in [7, 11) is 0. The second-order valence-electron chi connectivity index (χ2n) is 5.16. The number of nitrogens with two attached hydrogens (primary N) is 1. The zero-order chi connectivity index (χ0) is 15.9. The molecule has 2 aromatic rings. The number of hydrogen-bond acceptors (Lipinski definition) is 3. The van der Waals surface area contributed by atoms with Crippen molar-refractivity contribution in [1.82, 2.24) is 4.98 Å². The number of aliphatic imine (C=N–C) groups is 1. The van der Waals surface area contributed by atoms with Gasteiger partial charge < -0.3 is 11.1 Å². The van der Waals surface area contributed by atoms with Gasteiger partial charge in [-0.3, -0.25) is 4.99 Å². The highest BCUT2D eigenvalue weighted by atomic mass is 127. The van der Waals surface area contributed by atoms with Crippen LogP contribution in [0.25, 0.3) is 0 Å². The predicted molar refractivity (Wildman–Crippen MR) is 111 cm³/mol. The molecular weight excluding hydrogens is 419 g/mol. The van der Waals surface area contributed by atoms with Gasteiger partial charge in [-0.25, -0.2) is 4.98 Å². The number of hydrogen-bond donors (Lipinski definition) is 2. The summed E-state index contributed by atoms with van der Waals surface area (Å²) in [6.45, 7) is 6.97. The van der Waals surface area contributed by atoms with Crippen LogP contribution in [0.3, 0.4) is 0 Å². The normalized spacial score (nSPS) is 11.2. The van der Waals surface area contributed by atoms with E-state index in [1.807, 2.05) is 6.92 Å². The summed E-state index contributed by atoms with van der Waals surface area (Å²) in [5, 5.41) is 6.45. The van der Waals surface area contributed by atoms with Gasteiger partial charge in [0.05, 0.1) is 10.7 Å². The van der Waals surface area contributed by atoms with Crippen molar-refractivity contribution in [3.05, 3.63) is 45.4 Å². The monoisotopic (exact) mass is 444 g/mol. The maximum absolute atomic E-state index is 6.04. The molecule has 0 aliphatic carbocycles. The molecule has 0 fully saturated rings. The first-order valence-corrected chi connectivity index (χ1v) is 8.60. The van der Waals surface area contributed by atoms with E-state index in [0.717, 1.165) is 35.7 Å². The summed E-state index contributed by atoms with van der Waals surface area (Å²) in [5.74, 6) is 0.475. The molecule has 0 radical (unpaired) electrons. The standard InChI is InChI=1S/C17H24N4S.HI/c1-4-13-7-6-8-14(5-2)16(13)21-17(18)19-10-9-15-11-22-12(3)20-15;/h6-8,11H,4-5,9-10H2,1-3H3,(H3,18,19,21);1H. The molecule has 23 heavy (non-hydrogen) atoms. The van der Waals surface area contributed by atoms with Gasteiger partial charge >= 0.3 is 0 Å². The summed E-state index contributed by atoms with van der Waals surface area (Å²) < 4.78 is 0. The summed E-state index contributed by atoms with van der Waals surface area (Å²) in [6.07, 6.45) is 2.77. The van der Waals surface area contributed by atoms with Crippen molar-refractivity contribution < 1.29 is 0 Å². The van der Waals surface area contributed by atoms with Crippen LogP contribution in [0.15, 0.2) is 28.6 Å². The van der Waals surface area contributed by atoms with Gasteiger partial charge in [0.1, 0.15) is 0 Å². The minimum atomic E-state index is 0. The number of aromatic nitrogens is 1. The molecule has 1 heterocycles. The van der Waals surface area contributed by atoms with Crippen LogP contribution >= 0.6 is 35.3 Å². The van der Waals surface area contributed by atoms with Crippen LogP contribution in [0.4, 0.5) is 5.69 Å². The van der Waals surface area contributed by atoms with Crippen LogP contribution in [-0.4, -0.2) is 17.5 Å². The fourth-order valence-electron chi connectivity index (χ4n) is 2.38. The Morgan fingerprint density at radius 2 is 1.91 bits per heavy atom. The van der Waals surface area contributed by atoms with Crippen molar-refractivity contribution in [2.24, 2.45) is 10.7 Å². The van der Waals surface area contributed by atoms with Crippen LogP contribution in [0.5, 0.6) is 0 Å². The minimum absolute atomic E-state index is 0. The number of halogens is 1. The third-order valence-corrected chi connectivity index (χ3v) is 4.39. The number of thiazole rings is 1. The molecule has 1 aromatic carbocycles. The molecule has 0 amide bonds. The third kappa shape index (κ3) is 5.76. The van der Waals surface area contributed by atoms with E-state index >= 15 is 0 Å². The Morgan fingerprint density at radius 3 is 2.43 bits per heavy atom. The second kappa shape index (κ2) is 9.87. The van der Waals surface area contributed by atoms with E-state index in [-0.39, 0.29) is 24.0 Å². The van der Waals surface area contributed by atoms with E-state index in [9.17, 15) is 0 Å². The lowest BCUT2D eigenvalue weighted by atomic mass is 10.0. The van der Waals surface area contributed by atoms with Crippen molar-refractivity contribution in [1.29, 1.82) is 0 Å². The number of nitrogens with zero attached hydrogens (tertiary/aromatic N) is 2. The molecule has 0 bridgehead atoms. The molecular formula is C17H25IN4S. The Labute approximate surface area is 159 Å². The lowest BCUT2D eigenvalue weighted by Gasteiger charge is -2.14. The van der Waals surface area contributed by atoms with Gasteiger partial charge in [-0.1, -0.05) is 32.0 Å². The fourth-order valence-corrected chi connectivity index (χ4v) is 3.03. The predicted octanol–water partition coefficient (Wildman–Crippen LogP) is 4.16. The number of rotatable bonds is 6. The summed E-state index contributed by atoms with van der Waals surface area (Å²) >= 11 is 1.67. The molecule has 0 unspecified atom stereocenters. The molecule has 2 rings (SSSR count). The van der Waals surface area contributed by atoms with E-state index in [1.165, 1.54) is 11.1 Å². The van der Waals surface area contributed by atoms with Gasteiger partial charge in [0.25, 0.3) is 0 Å². The van der Waals surface area contributed by atoms with Gasteiger partial charge in [0, 0.05) is 24.0 Å². The quantitative estimate of drug-likeness (QED) is 0.400. The van der Waals surface area contributed by atoms with Crippen molar-refractivity contribution >= 4 is 47.0 Å². The van der Waals surface area contributed by atoms with Gasteiger partial charge in [0.2, 0.25) is 0 Å². The molecule has 1 aromatic heterocycles. The number of guanidine groups is 1. The molecule has 4 nitrogen and oxygen atoms in total. The van der Waals surface area contributed by atoms with Gasteiger partial charge in [0.15, 0.2) is 5.96 Å². The van der Waals surface area contributed by atoms with Gasteiger partial charge in [-0.15, -0.1) is 35.3 Å². The SMILES string of the molecule is CCc1cccc(CC)c1NC(N)=NCCc1csc(C)n1.I. The third-order valence-electron chi connectivity index (χ3n) is 3.57. The first-order chi connectivity index (χ1) is 10.6. The van der Waals surface area contributed by atoms with E-state index in [4.69, 9.17) is 5.73 Å². The highest BCUT2D eigenvalue weighted by Gasteiger charge is 2.07. The largest absolute Gasteiger partial charge is 0.370 e. The van der Waals surface area contributed by atoms with E-state index in [2.05, 4.69) is 52.7 Å². The maximum Gasteiger partial charge on any atom is 0.193 e. The van der Waals surface area contributed by atoms with Crippen LogP contribution < -0.4 is 11.1 Å². The lowest BCUT2D eigenvalue weighted by Crippen LogP contribution is -2.24. The zero-order valence-corrected chi connectivity index (χ0v) is 17.1. The first kappa shape index (κ1) is 19.9. The highest BCUT2D eigenvalue weighted by Crippen LogP contribution is 2.22. The van der Waals surface area contributed by atoms with Crippen molar-refractivity contribution in [3.8, 4) is 0 Å². The van der Waals surface area contributed by atoms with Gasteiger partial charge in [-0.2, -0.15) is 0 Å². The zero-order valence-electron chi connectivity index (χ0n) is 13.9. The maximum atomic E-state index is 6.04. The number of anilines is 1. The number of nitrogens with one attached hydrogen (secondary N) is 1. The van der Waals surface area contributed by atoms with Crippen LogP contribution in [0.1, 0.15) is 35.7 Å². The fraction of sp³-hybridized carbons (Fsp3) is 0.412. The summed E-state index contributed by atoms with van der Waals surface area (Å²) in [5.41, 5.74) is 10.8. The van der Waals surface area contributed by atoms with E-state index in [1.54, 1.807) is 11.3 Å². The Balaban J connectivity index is 0.00000264. The molecule has 0 saturated carbocycles. The Bertz CT molecular complexity index is 630. The number of aryl methyl sites for hydroxylation is 3. The molecule has 0 spiro atoms. The molecule has 0 saturated heterocycles. The molecule has 0 aliphatic rings. The average molecular weight is 444 g/mol. The molecule has 0 atom stereocenters. The molecule has 6 heteroatoms. The Hall–Kier alpha value is -1.15. The summed E-state index contributed by atoms with van der Waals surface area (Å²) in [6, 6.07) is 6.36. The molecule has 3 N–H and O–H groups in total. The topological polar surface area (TPSA) is 63.3 Å². The molecule has 0 aliphatic heterocycles. The van der Waals surface area contributed by atoms with Crippen LogP contribution in [-0.2, 0) is 19.3 Å². The van der Waals surface area contributed by atoms with E-state index in [0.29, 0.717) is 12.5 Å². The highest BCUT2D eigenvalue weighted by molar-refractivity contribution is 14.0. The first-order valence-electron chi connectivity index (χ1n) is 7.72. The minimum Gasteiger partial charge on any atom is -0.370 e. The summed E-state index contributed by atoms with van der Waals surface area (Å²) in [4.78, 5) is 8.86. The van der Waals surface area contributed by atoms with Crippen LogP contribution in [0.2, 0.25) is 0 Å². The van der Waals surface area contributed by atoms with Crippen molar-refractivity contribution in [3.63, 3.8) is 0 Å². The van der Waals surface area contributed by atoms with Crippen molar-refractivity contribution in [2.75, 3.05) is 11.9 Å². The number of para-hydroxylation sites is 1. The molecule has 126 valence electrons. The Kier molecular flexibility index (Phi) is 8.54. The average Bonchev–Trinajstić information content (AvgIpc) is 2.93. The van der Waals surface area contributed by atoms with Gasteiger partial charge in [-0.05, 0) is 30.9 Å². The smallest absolute Gasteiger partial charge is 0.193 e. The van der Waals surface area contributed by atoms with E-state index < -0.39 is 0 Å². The van der Waals surface area contributed by atoms with Crippen molar-refractivity contribution in [2.45, 2.75) is 40.0 Å². The van der Waals surface area contributed by atoms with Crippen LogP contribution in [0, 0.1) is 6.92 Å². The Morgan fingerprint density at radius 1 is 1.26 bits per heavy atom. The number of benzene rings is 1. The lowest BCUT2D eigenvalue weighted by molar-refractivity contribution is 0.926. The second-order valence-corrected chi connectivity index (χ2v) is 6.22.